The Morgan fingerprint density at radius 1 is 1.03 bits per heavy atom. The van der Waals surface area contributed by atoms with Gasteiger partial charge in [0.05, 0.1) is 15.7 Å². The Kier molecular flexibility index (Phi) is 6.47. The molecule has 6 nitrogen and oxygen atoms in total. The van der Waals surface area contributed by atoms with Gasteiger partial charge in [0.1, 0.15) is 10.7 Å². The summed E-state index contributed by atoms with van der Waals surface area (Å²) in [7, 11) is 0. The zero-order chi connectivity index (χ0) is 23.0. The number of nitrogens with one attached hydrogen (secondary N) is 1. The van der Waals surface area contributed by atoms with Crippen molar-refractivity contribution in [1.82, 2.24) is 4.90 Å². The molecule has 1 N–H and O–H groups in total. The van der Waals surface area contributed by atoms with Gasteiger partial charge in [-0.1, -0.05) is 46.9 Å². The number of anilines is 2. The Bertz CT molecular complexity index is 1150. The van der Waals surface area contributed by atoms with E-state index in [9.17, 15) is 14.4 Å². The molecular formula is C23H20Cl3N3O3. The highest BCUT2D eigenvalue weighted by molar-refractivity contribution is 6.54. The molecule has 0 bridgehead atoms. The molecule has 1 fully saturated rings. The van der Waals surface area contributed by atoms with Crippen LogP contribution in [0.2, 0.25) is 10.0 Å². The zero-order valence-corrected chi connectivity index (χ0v) is 19.5. The van der Waals surface area contributed by atoms with Crippen molar-refractivity contribution in [3.05, 3.63) is 68.8 Å². The molecule has 2 aliphatic heterocycles. The number of nitrogens with zero attached hydrogens (tertiary/aromatic N) is 2. The standard InChI is InChI=1S/C23H20Cl3N3O3/c1-13-6-2-3-11-28(13)21(30)14-7-4-8-15(12-14)27-20-19(26)22(31)29(23(20)32)17-10-5-9-16(24)18(17)25/h4-5,7-10,12-13,27H,2-3,6,11H2,1H3. The van der Waals surface area contributed by atoms with E-state index in [-0.39, 0.29) is 38.4 Å². The molecule has 0 aromatic heterocycles. The van der Waals surface area contributed by atoms with E-state index in [0.29, 0.717) is 11.3 Å². The number of carbonyl (C=O) groups excluding carboxylic acids is 3. The van der Waals surface area contributed by atoms with E-state index in [2.05, 4.69) is 5.32 Å². The first-order valence-corrected chi connectivity index (χ1v) is 11.3. The van der Waals surface area contributed by atoms with Gasteiger partial charge in [-0.3, -0.25) is 14.4 Å². The predicted octanol–water partition coefficient (Wildman–Crippen LogP) is 5.44. The fourth-order valence-corrected chi connectivity index (χ4v) is 4.53. The Morgan fingerprint density at radius 2 is 1.78 bits per heavy atom. The third kappa shape index (κ3) is 4.10. The van der Waals surface area contributed by atoms with Crippen molar-refractivity contribution < 1.29 is 14.4 Å². The Hall–Kier alpha value is -2.54. The van der Waals surface area contributed by atoms with Gasteiger partial charge >= 0.3 is 0 Å². The minimum atomic E-state index is -0.710. The molecule has 1 atom stereocenters. The normalized spacial score (nSPS) is 19.1. The summed E-state index contributed by atoms with van der Waals surface area (Å²) in [6.07, 6.45) is 3.07. The summed E-state index contributed by atoms with van der Waals surface area (Å²) in [6.45, 7) is 2.76. The summed E-state index contributed by atoms with van der Waals surface area (Å²) < 4.78 is 0. The molecule has 1 saturated heterocycles. The van der Waals surface area contributed by atoms with Gasteiger partial charge in [0.15, 0.2) is 0 Å². The highest BCUT2D eigenvalue weighted by Crippen LogP contribution is 2.37. The van der Waals surface area contributed by atoms with Crippen LogP contribution in [0.3, 0.4) is 0 Å². The third-order valence-corrected chi connectivity index (χ3v) is 6.80. The van der Waals surface area contributed by atoms with Crippen LogP contribution in [0.1, 0.15) is 36.5 Å². The van der Waals surface area contributed by atoms with E-state index in [1.54, 1.807) is 36.4 Å². The second-order valence-electron chi connectivity index (χ2n) is 7.76. The van der Waals surface area contributed by atoms with Crippen LogP contribution >= 0.6 is 34.8 Å². The summed E-state index contributed by atoms with van der Waals surface area (Å²) in [5.41, 5.74) is 1.01. The number of hydrogen-bond acceptors (Lipinski definition) is 4. The van der Waals surface area contributed by atoms with Crippen molar-refractivity contribution in [2.45, 2.75) is 32.2 Å². The smallest absolute Gasteiger partial charge is 0.283 e. The minimum absolute atomic E-state index is 0.0675. The van der Waals surface area contributed by atoms with E-state index in [0.717, 1.165) is 30.7 Å². The number of rotatable bonds is 4. The monoisotopic (exact) mass is 491 g/mol. The molecule has 2 aliphatic rings. The number of amides is 3. The highest BCUT2D eigenvalue weighted by atomic mass is 35.5. The van der Waals surface area contributed by atoms with Gasteiger partial charge in [-0.2, -0.15) is 0 Å². The largest absolute Gasteiger partial charge is 0.350 e. The van der Waals surface area contributed by atoms with Gasteiger partial charge in [0.2, 0.25) is 0 Å². The predicted molar refractivity (Wildman–Crippen MR) is 126 cm³/mol. The lowest BCUT2D eigenvalue weighted by Crippen LogP contribution is -2.42. The summed E-state index contributed by atoms with van der Waals surface area (Å²) in [5.74, 6) is -1.44. The van der Waals surface area contributed by atoms with Crippen molar-refractivity contribution in [2.24, 2.45) is 0 Å². The molecular weight excluding hydrogens is 473 g/mol. The fourth-order valence-electron chi connectivity index (χ4n) is 3.94. The molecule has 3 amide bonds. The highest BCUT2D eigenvalue weighted by Gasteiger charge is 2.40. The van der Waals surface area contributed by atoms with Crippen LogP contribution in [0.15, 0.2) is 53.2 Å². The van der Waals surface area contributed by atoms with Gasteiger partial charge < -0.3 is 10.2 Å². The molecule has 0 radical (unpaired) electrons. The SMILES string of the molecule is CC1CCCCN1C(=O)c1cccc(NC2=C(Cl)C(=O)N(c3cccc(Cl)c3Cl)C2=O)c1. The van der Waals surface area contributed by atoms with Crippen LogP contribution in [-0.2, 0) is 9.59 Å². The summed E-state index contributed by atoms with van der Waals surface area (Å²) in [4.78, 5) is 41.5. The summed E-state index contributed by atoms with van der Waals surface area (Å²) in [6, 6.07) is 11.6. The second kappa shape index (κ2) is 9.14. The van der Waals surface area contributed by atoms with Crippen LogP contribution < -0.4 is 10.2 Å². The molecule has 2 heterocycles. The fraction of sp³-hybridized carbons (Fsp3) is 0.261. The van der Waals surface area contributed by atoms with E-state index >= 15 is 0 Å². The number of likely N-dealkylation sites (tertiary alicyclic amines) is 1. The minimum Gasteiger partial charge on any atom is -0.350 e. The maximum atomic E-state index is 13.0. The molecule has 2 aromatic carbocycles. The lowest BCUT2D eigenvalue weighted by Gasteiger charge is -2.33. The van der Waals surface area contributed by atoms with E-state index < -0.39 is 11.8 Å². The third-order valence-electron chi connectivity index (χ3n) is 5.64. The van der Waals surface area contributed by atoms with Crippen molar-refractivity contribution in [1.29, 1.82) is 0 Å². The molecule has 2 aromatic rings. The number of benzene rings is 2. The Labute approximate surface area is 200 Å². The Morgan fingerprint density at radius 3 is 2.53 bits per heavy atom. The van der Waals surface area contributed by atoms with Crippen molar-refractivity contribution in [3.8, 4) is 0 Å². The topological polar surface area (TPSA) is 69.7 Å². The van der Waals surface area contributed by atoms with Gasteiger partial charge in [-0.15, -0.1) is 0 Å². The average Bonchev–Trinajstić information content (AvgIpc) is 2.99. The average molecular weight is 493 g/mol. The number of imide groups is 1. The first kappa shape index (κ1) is 22.6. The van der Waals surface area contributed by atoms with E-state index in [4.69, 9.17) is 34.8 Å². The molecule has 1 unspecified atom stereocenters. The Balaban J connectivity index is 1.58. The quantitative estimate of drug-likeness (QED) is 0.577. The molecule has 4 rings (SSSR count). The van der Waals surface area contributed by atoms with Gasteiger partial charge in [-0.25, -0.2) is 4.90 Å². The molecule has 0 saturated carbocycles. The molecule has 166 valence electrons. The number of halogens is 3. The maximum absolute atomic E-state index is 13.0. The van der Waals surface area contributed by atoms with Crippen molar-refractivity contribution in [3.63, 3.8) is 0 Å². The second-order valence-corrected chi connectivity index (χ2v) is 8.92. The van der Waals surface area contributed by atoms with Gasteiger partial charge in [-0.05, 0) is 56.5 Å². The van der Waals surface area contributed by atoms with Crippen LogP contribution in [-0.4, -0.2) is 35.2 Å². The van der Waals surface area contributed by atoms with Crippen molar-refractivity contribution in [2.75, 3.05) is 16.8 Å². The molecule has 0 spiro atoms. The van der Waals surface area contributed by atoms with E-state index in [1.165, 1.54) is 6.07 Å². The van der Waals surface area contributed by atoms with Crippen LogP contribution in [0.25, 0.3) is 0 Å². The van der Waals surface area contributed by atoms with Crippen molar-refractivity contribution >= 4 is 63.9 Å². The van der Waals surface area contributed by atoms with Gasteiger partial charge in [0, 0.05) is 23.8 Å². The summed E-state index contributed by atoms with van der Waals surface area (Å²) in [5, 5.41) is 2.91. The molecule has 32 heavy (non-hydrogen) atoms. The number of hydrogen-bond donors (Lipinski definition) is 1. The van der Waals surface area contributed by atoms with Gasteiger partial charge in [0.25, 0.3) is 17.7 Å². The maximum Gasteiger partial charge on any atom is 0.283 e. The van der Waals surface area contributed by atoms with Crippen LogP contribution in [0.5, 0.6) is 0 Å². The first-order chi connectivity index (χ1) is 15.3. The van der Waals surface area contributed by atoms with E-state index in [1.807, 2.05) is 11.8 Å². The lowest BCUT2D eigenvalue weighted by molar-refractivity contribution is -0.120. The van der Waals surface area contributed by atoms with Crippen LogP contribution in [0.4, 0.5) is 11.4 Å². The molecule has 9 heteroatoms. The molecule has 0 aliphatic carbocycles. The summed E-state index contributed by atoms with van der Waals surface area (Å²) >= 11 is 18.4. The van der Waals surface area contributed by atoms with Crippen LogP contribution in [0, 0.1) is 0 Å². The first-order valence-electron chi connectivity index (χ1n) is 10.2. The number of piperidine rings is 1. The number of carbonyl (C=O) groups is 3. The zero-order valence-electron chi connectivity index (χ0n) is 17.2. The lowest BCUT2D eigenvalue weighted by atomic mass is 10.0.